The second-order valence-electron chi connectivity index (χ2n) is 4.23. The van der Waals surface area contributed by atoms with Crippen molar-refractivity contribution >= 4 is 17.9 Å². The van der Waals surface area contributed by atoms with Crippen molar-refractivity contribution in [1.82, 2.24) is 15.0 Å². The van der Waals surface area contributed by atoms with Crippen molar-refractivity contribution in [3.8, 4) is 0 Å². The number of carbonyl (C=O) groups is 1. The molecule has 0 saturated heterocycles. The summed E-state index contributed by atoms with van der Waals surface area (Å²) < 4.78 is 5.09. The van der Waals surface area contributed by atoms with Crippen LogP contribution in [-0.2, 0) is 22.6 Å². The molecule has 2 aromatic rings. The molecular formula is C13H15N5O2. The van der Waals surface area contributed by atoms with E-state index in [2.05, 4.69) is 15.0 Å². The smallest absolute Gasteiger partial charge is 0.310 e. The molecule has 0 aliphatic heterocycles. The maximum atomic E-state index is 11.8. The van der Waals surface area contributed by atoms with Crippen molar-refractivity contribution in [2.75, 3.05) is 11.5 Å². The molecule has 2 rings (SSSR count). The Balaban J connectivity index is 1.94. The summed E-state index contributed by atoms with van der Waals surface area (Å²) in [6.07, 6.45) is 0.197. The third-order valence-electron chi connectivity index (χ3n) is 2.67. The third-order valence-corrected chi connectivity index (χ3v) is 2.67. The number of ether oxygens (including phenoxy) is 1. The summed E-state index contributed by atoms with van der Waals surface area (Å²) in [6, 6.07) is 7.62. The summed E-state index contributed by atoms with van der Waals surface area (Å²) in [4.78, 5) is 23.0. The van der Waals surface area contributed by atoms with Gasteiger partial charge in [-0.25, -0.2) is 0 Å². The molecule has 0 unspecified atom stereocenters. The molecule has 0 bridgehead atoms. The van der Waals surface area contributed by atoms with Crippen LogP contribution in [0.4, 0.5) is 11.9 Å². The first-order chi connectivity index (χ1) is 9.54. The lowest BCUT2D eigenvalue weighted by atomic mass is 10.1. The number of aryl methyl sites for hydroxylation is 1. The van der Waals surface area contributed by atoms with Gasteiger partial charge in [-0.15, -0.1) is 0 Å². The van der Waals surface area contributed by atoms with Crippen molar-refractivity contribution < 1.29 is 9.53 Å². The molecule has 1 aromatic heterocycles. The van der Waals surface area contributed by atoms with Crippen LogP contribution in [-0.4, -0.2) is 20.9 Å². The number of hydrogen-bond acceptors (Lipinski definition) is 7. The molecule has 0 fully saturated rings. The van der Waals surface area contributed by atoms with Crippen LogP contribution >= 0.6 is 0 Å². The van der Waals surface area contributed by atoms with E-state index in [0.717, 1.165) is 11.1 Å². The zero-order valence-corrected chi connectivity index (χ0v) is 11.0. The van der Waals surface area contributed by atoms with Gasteiger partial charge < -0.3 is 16.2 Å². The Morgan fingerprint density at radius 1 is 1.15 bits per heavy atom. The van der Waals surface area contributed by atoms with E-state index in [4.69, 9.17) is 16.2 Å². The predicted octanol–water partition coefficient (Wildman–Crippen LogP) is 0.630. The number of carbonyl (C=O) groups excluding carboxylic acids is 1. The van der Waals surface area contributed by atoms with Crippen LogP contribution in [0.2, 0.25) is 0 Å². The van der Waals surface area contributed by atoms with E-state index in [0.29, 0.717) is 0 Å². The molecule has 0 amide bonds. The summed E-state index contributed by atoms with van der Waals surface area (Å²) in [5, 5.41) is 0. The number of aromatic nitrogens is 3. The lowest BCUT2D eigenvalue weighted by molar-refractivity contribution is -0.144. The molecule has 0 atom stereocenters. The molecule has 1 heterocycles. The number of esters is 1. The highest BCUT2D eigenvalue weighted by molar-refractivity contribution is 5.73. The summed E-state index contributed by atoms with van der Waals surface area (Å²) in [5.41, 5.74) is 12.8. The topological polar surface area (TPSA) is 117 Å². The Labute approximate surface area is 116 Å². The summed E-state index contributed by atoms with van der Waals surface area (Å²) in [5.74, 6) is -0.130. The van der Waals surface area contributed by atoms with Crippen LogP contribution in [0.1, 0.15) is 17.0 Å². The van der Waals surface area contributed by atoms with Crippen molar-refractivity contribution in [3.05, 3.63) is 41.2 Å². The van der Waals surface area contributed by atoms with Crippen LogP contribution in [0.25, 0.3) is 0 Å². The molecule has 0 spiro atoms. The Morgan fingerprint density at radius 3 is 2.45 bits per heavy atom. The van der Waals surface area contributed by atoms with E-state index >= 15 is 0 Å². The Bertz CT molecular complexity index is 610. The second kappa shape index (κ2) is 5.96. The first-order valence-electron chi connectivity index (χ1n) is 6.00. The minimum absolute atomic E-state index is 0.00227. The predicted molar refractivity (Wildman–Crippen MR) is 73.3 cm³/mol. The van der Waals surface area contributed by atoms with Gasteiger partial charge >= 0.3 is 5.97 Å². The van der Waals surface area contributed by atoms with Gasteiger partial charge in [0.1, 0.15) is 0 Å². The van der Waals surface area contributed by atoms with Crippen molar-refractivity contribution in [3.63, 3.8) is 0 Å². The maximum absolute atomic E-state index is 11.8. The number of nitrogen functional groups attached to an aromatic ring is 2. The minimum atomic E-state index is -0.364. The molecule has 0 aliphatic rings. The highest BCUT2D eigenvalue weighted by atomic mass is 16.5. The molecule has 0 aliphatic carbocycles. The van der Waals surface area contributed by atoms with Crippen LogP contribution in [0.5, 0.6) is 0 Å². The lowest BCUT2D eigenvalue weighted by Crippen LogP contribution is -2.12. The van der Waals surface area contributed by atoms with Gasteiger partial charge in [-0.1, -0.05) is 24.3 Å². The van der Waals surface area contributed by atoms with Crippen LogP contribution in [0, 0.1) is 6.92 Å². The molecule has 20 heavy (non-hydrogen) atoms. The summed E-state index contributed by atoms with van der Waals surface area (Å²) in [6.45, 7) is 1.86. The van der Waals surface area contributed by atoms with Crippen LogP contribution in [0.15, 0.2) is 24.3 Å². The van der Waals surface area contributed by atoms with E-state index < -0.39 is 0 Å². The standard InChI is InChI=1S/C13H15N5O2/c1-8-4-2-3-5-9(8)6-11(19)20-7-10-16-12(14)18-13(15)17-10/h2-5H,6-7H2,1H3,(H4,14,15,16,17,18). The Kier molecular flexibility index (Phi) is 4.09. The first-order valence-corrected chi connectivity index (χ1v) is 6.00. The van der Waals surface area contributed by atoms with Crippen molar-refractivity contribution in [2.24, 2.45) is 0 Å². The summed E-state index contributed by atoms with van der Waals surface area (Å²) >= 11 is 0. The van der Waals surface area contributed by atoms with Crippen LogP contribution < -0.4 is 11.5 Å². The zero-order chi connectivity index (χ0) is 14.5. The quantitative estimate of drug-likeness (QED) is 0.784. The molecule has 1 aromatic carbocycles. The normalized spacial score (nSPS) is 10.2. The van der Waals surface area contributed by atoms with Crippen LogP contribution in [0.3, 0.4) is 0 Å². The average molecular weight is 273 g/mol. The SMILES string of the molecule is Cc1ccccc1CC(=O)OCc1nc(N)nc(N)n1. The van der Waals surface area contributed by atoms with Gasteiger partial charge in [0.05, 0.1) is 6.42 Å². The van der Waals surface area contributed by atoms with E-state index in [9.17, 15) is 4.79 Å². The second-order valence-corrected chi connectivity index (χ2v) is 4.23. The number of hydrogen-bond donors (Lipinski definition) is 2. The minimum Gasteiger partial charge on any atom is -0.457 e. The molecule has 4 N–H and O–H groups in total. The fourth-order valence-corrected chi connectivity index (χ4v) is 1.68. The average Bonchev–Trinajstić information content (AvgIpc) is 2.38. The monoisotopic (exact) mass is 273 g/mol. The van der Waals surface area contributed by atoms with Gasteiger partial charge in [0.2, 0.25) is 11.9 Å². The van der Waals surface area contributed by atoms with E-state index in [1.165, 1.54) is 0 Å². The fourth-order valence-electron chi connectivity index (χ4n) is 1.68. The van der Waals surface area contributed by atoms with E-state index in [1.807, 2.05) is 31.2 Å². The molecule has 104 valence electrons. The number of benzene rings is 1. The largest absolute Gasteiger partial charge is 0.457 e. The number of nitrogens with two attached hydrogens (primary N) is 2. The highest BCUT2D eigenvalue weighted by Crippen LogP contribution is 2.09. The molecule has 0 radical (unpaired) electrons. The van der Waals surface area contributed by atoms with E-state index in [-0.39, 0.29) is 36.7 Å². The van der Waals surface area contributed by atoms with Gasteiger partial charge in [-0.2, -0.15) is 15.0 Å². The van der Waals surface area contributed by atoms with Gasteiger partial charge in [-0.3, -0.25) is 4.79 Å². The van der Waals surface area contributed by atoms with Crippen molar-refractivity contribution in [1.29, 1.82) is 0 Å². The number of nitrogens with zero attached hydrogens (tertiary/aromatic N) is 3. The molecule has 0 saturated carbocycles. The molecule has 7 heteroatoms. The first kappa shape index (κ1) is 13.7. The van der Waals surface area contributed by atoms with Gasteiger partial charge in [-0.05, 0) is 18.1 Å². The summed E-state index contributed by atoms with van der Waals surface area (Å²) in [7, 11) is 0. The zero-order valence-electron chi connectivity index (χ0n) is 11.0. The highest BCUT2D eigenvalue weighted by Gasteiger charge is 2.09. The van der Waals surface area contributed by atoms with E-state index in [1.54, 1.807) is 0 Å². The number of anilines is 2. The third kappa shape index (κ3) is 3.64. The molecule has 7 nitrogen and oxygen atoms in total. The lowest BCUT2D eigenvalue weighted by Gasteiger charge is -2.06. The maximum Gasteiger partial charge on any atom is 0.310 e. The van der Waals surface area contributed by atoms with Crippen molar-refractivity contribution in [2.45, 2.75) is 20.0 Å². The van der Waals surface area contributed by atoms with Gasteiger partial charge in [0, 0.05) is 0 Å². The fraction of sp³-hybridized carbons (Fsp3) is 0.231. The van der Waals surface area contributed by atoms with Gasteiger partial charge in [0.25, 0.3) is 0 Å². The number of rotatable bonds is 4. The molecular weight excluding hydrogens is 258 g/mol. The van der Waals surface area contributed by atoms with Gasteiger partial charge in [0.15, 0.2) is 12.4 Å². The Hall–Kier alpha value is -2.70. The Morgan fingerprint density at radius 2 is 1.80 bits per heavy atom.